The molecular weight excluding hydrogens is 170 g/mol. The summed E-state index contributed by atoms with van der Waals surface area (Å²) < 4.78 is 5.37. The van der Waals surface area contributed by atoms with Gasteiger partial charge in [-0.3, -0.25) is 5.41 Å². The topological polar surface area (TPSA) is 82.6 Å². The van der Waals surface area contributed by atoms with Crippen LogP contribution in [0.4, 0.5) is 0 Å². The van der Waals surface area contributed by atoms with Crippen LogP contribution >= 0.6 is 0 Å². The van der Waals surface area contributed by atoms with Crippen molar-refractivity contribution < 1.29 is 9.84 Å². The highest BCUT2D eigenvalue weighted by atomic mass is 16.5. The summed E-state index contributed by atoms with van der Waals surface area (Å²) in [5.41, 5.74) is 5.34. The van der Waals surface area contributed by atoms with E-state index in [0.717, 1.165) is 25.9 Å². The zero-order chi connectivity index (χ0) is 9.68. The number of guanidine groups is 1. The van der Waals surface area contributed by atoms with Gasteiger partial charge in [-0.25, -0.2) is 0 Å². The fourth-order valence-electron chi connectivity index (χ4n) is 1.48. The fraction of sp³-hybridized carbons (Fsp3) is 0.875. The highest BCUT2D eigenvalue weighted by Gasteiger charge is 2.19. The van der Waals surface area contributed by atoms with E-state index in [2.05, 4.69) is 0 Å². The summed E-state index contributed by atoms with van der Waals surface area (Å²) in [7, 11) is 0. The minimum absolute atomic E-state index is 0.0763. The number of aliphatic hydroxyl groups is 1. The maximum absolute atomic E-state index is 8.55. The van der Waals surface area contributed by atoms with Crippen LogP contribution in [0.2, 0.25) is 0 Å². The quantitative estimate of drug-likeness (QED) is 0.405. The average Bonchev–Trinajstić information content (AvgIpc) is 2.15. The van der Waals surface area contributed by atoms with Gasteiger partial charge < -0.3 is 20.5 Å². The van der Waals surface area contributed by atoms with E-state index >= 15 is 0 Å². The highest BCUT2D eigenvalue weighted by molar-refractivity contribution is 5.74. The Hall–Kier alpha value is -0.810. The maximum Gasteiger partial charge on any atom is 0.188 e. The SMILES string of the molecule is N=C(N)N1CCC(OCCO)CC1. The van der Waals surface area contributed by atoms with Gasteiger partial charge in [-0.05, 0) is 12.8 Å². The van der Waals surface area contributed by atoms with Gasteiger partial charge in [-0.15, -0.1) is 0 Å². The van der Waals surface area contributed by atoms with E-state index in [1.165, 1.54) is 0 Å². The molecule has 0 saturated carbocycles. The Morgan fingerprint density at radius 3 is 2.62 bits per heavy atom. The van der Waals surface area contributed by atoms with Gasteiger partial charge in [-0.2, -0.15) is 0 Å². The molecule has 1 aliphatic rings. The van der Waals surface area contributed by atoms with Crippen molar-refractivity contribution in [3.63, 3.8) is 0 Å². The summed E-state index contributed by atoms with van der Waals surface area (Å²) in [5, 5.41) is 15.8. The third-order valence-electron chi connectivity index (χ3n) is 2.23. The van der Waals surface area contributed by atoms with E-state index in [9.17, 15) is 0 Å². The van der Waals surface area contributed by atoms with Gasteiger partial charge in [0.15, 0.2) is 5.96 Å². The number of hydrogen-bond donors (Lipinski definition) is 3. The number of ether oxygens (including phenoxy) is 1. The summed E-state index contributed by atoms with van der Waals surface area (Å²) in [6.07, 6.45) is 2.00. The van der Waals surface area contributed by atoms with E-state index in [1.54, 1.807) is 0 Å². The molecule has 5 nitrogen and oxygen atoms in total. The van der Waals surface area contributed by atoms with E-state index in [1.807, 2.05) is 4.90 Å². The van der Waals surface area contributed by atoms with Crippen LogP contribution in [-0.4, -0.2) is 48.4 Å². The molecule has 0 bridgehead atoms. The first-order valence-electron chi connectivity index (χ1n) is 4.55. The fourth-order valence-corrected chi connectivity index (χ4v) is 1.48. The molecule has 0 aromatic carbocycles. The maximum atomic E-state index is 8.55. The molecule has 4 N–H and O–H groups in total. The Labute approximate surface area is 78.0 Å². The minimum atomic E-state index is 0.0763. The van der Waals surface area contributed by atoms with Crippen LogP contribution in [0, 0.1) is 5.41 Å². The molecule has 0 unspecified atom stereocenters. The van der Waals surface area contributed by atoms with E-state index in [4.69, 9.17) is 21.0 Å². The molecule has 0 aromatic rings. The van der Waals surface area contributed by atoms with Crippen LogP contribution in [0.15, 0.2) is 0 Å². The summed E-state index contributed by atoms with van der Waals surface area (Å²) in [6, 6.07) is 0. The summed E-state index contributed by atoms with van der Waals surface area (Å²) in [6.45, 7) is 2.05. The molecule has 0 spiro atoms. The zero-order valence-corrected chi connectivity index (χ0v) is 7.70. The third kappa shape index (κ3) is 3.20. The second-order valence-corrected chi connectivity index (χ2v) is 3.17. The first kappa shape index (κ1) is 10.3. The van der Waals surface area contributed by atoms with E-state index < -0.39 is 0 Å². The Morgan fingerprint density at radius 1 is 1.54 bits per heavy atom. The monoisotopic (exact) mass is 187 g/mol. The van der Waals surface area contributed by atoms with Crippen molar-refractivity contribution in [2.75, 3.05) is 26.3 Å². The Bertz CT molecular complexity index is 167. The van der Waals surface area contributed by atoms with Gasteiger partial charge in [0.2, 0.25) is 0 Å². The largest absolute Gasteiger partial charge is 0.394 e. The molecule has 0 atom stereocenters. The van der Waals surface area contributed by atoms with Gasteiger partial charge in [0.25, 0.3) is 0 Å². The lowest BCUT2D eigenvalue weighted by Gasteiger charge is -2.31. The molecule has 1 rings (SSSR count). The predicted octanol–water partition coefficient (Wildman–Crippen LogP) is -0.647. The Balaban J connectivity index is 2.18. The average molecular weight is 187 g/mol. The van der Waals surface area contributed by atoms with Crippen LogP contribution in [-0.2, 0) is 4.74 Å². The number of rotatable bonds is 3. The van der Waals surface area contributed by atoms with Gasteiger partial charge in [0.1, 0.15) is 0 Å². The van der Waals surface area contributed by atoms with Crippen LogP contribution in [0.3, 0.4) is 0 Å². The number of piperidine rings is 1. The number of hydrogen-bond acceptors (Lipinski definition) is 3. The van der Waals surface area contributed by atoms with Gasteiger partial charge >= 0.3 is 0 Å². The smallest absolute Gasteiger partial charge is 0.188 e. The van der Waals surface area contributed by atoms with Crippen LogP contribution < -0.4 is 5.73 Å². The molecule has 5 heteroatoms. The van der Waals surface area contributed by atoms with Crippen molar-refractivity contribution in [3.05, 3.63) is 0 Å². The lowest BCUT2D eigenvalue weighted by Crippen LogP contribution is -2.44. The number of likely N-dealkylation sites (tertiary alicyclic amines) is 1. The molecule has 76 valence electrons. The van der Waals surface area contributed by atoms with Crippen molar-refractivity contribution in [1.29, 1.82) is 5.41 Å². The van der Waals surface area contributed by atoms with Crippen molar-refractivity contribution in [3.8, 4) is 0 Å². The minimum Gasteiger partial charge on any atom is -0.394 e. The summed E-state index contributed by atoms with van der Waals surface area (Å²) in [4.78, 5) is 1.83. The second-order valence-electron chi connectivity index (χ2n) is 3.17. The number of aliphatic hydroxyl groups excluding tert-OH is 1. The van der Waals surface area contributed by atoms with E-state index in [-0.39, 0.29) is 18.7 Å². The number of nitrogens with one attached hydrogen (secondary N) is 1. The third-order valence-corrected chi connectivity index (χ3v) is 2.23. The normalized spacial score (nSPS) is 19.0. The van der Waals surface area contributed by atoms with Crippen molar-refractivity contribution in [1.82, 2.24) is 4.90 Å². The van der Waals surface area contributed by atoms with Crippen molar-refractivity contribution in [2.45, 2.75) is 18.9 Å². The molecule has 1 saturated heterocycles. The molecule has 13 heavy (non-hydrogen) atoms. The first-order chi connectivity index (χ1) is 6.24. The Morgan fingerprint density at radius 2 is 2.15 bits per heavy atom. The highest BCUT2D eigenvalue weighted by Crippen LogP contribution is 2.12. The zero-order valence-electron chi connectivity index (χ0n) is 7.70. The lowest BCUT2D eigenvalue weighted by atomic mass is 10.1. The number of nitrogens with two attached hydrogens (primary N) is 1. The molecule has 0 radical (unpaired) electrons. The molecule has 1 heterocycles. The summed E-state index contributed by atoms with van der Waals surface area (Å²) >= 11 is 0. The molecule has 0 aromatic heterocycles. The predicted molar refractivity (Wildman–Crippen MR) is 49.5 cm³/mol. The second kappa shape index (κ2) is 5.04. The van der Waals surface area contributed by atoms with Crippen LogP contribution in [0.25, 0.3) is 0 Å². The van der Waals surface area contributed by atoms with Crippen molar-refractivity contribution in [2.24, 2.45) is 5.73 Å². The molecule has 1 aliphatic heterocycles. The van der Waals surface area contributed by atoms with Crippen LogP contribution in [0.1, 0.15) is 12.8 Å². The standard InChI is InChI=1S/C8H17N3O2/c9-8(10)11-3-1-7(2-4-11)13-6-5-12/h7,12H,1-6H2,(H3,9,10). The number of nitrogens with zero attached hydrogens (tertiary/aromatic N) is 1. The van der Waals surface area contributed by atoms with Crippen LogP contribution in [0.5, 0.6) is 0 Å². The molecule has 1 fully saturated rings. The lowest BCUT2D eigenvalue weighted by molar-refractivity contribution is 0.00141. The summed E-state index contributed by atoms with van der Waals surface area (Å²) in [5.74, 6) is 0.139. The first-order valence-corrected chi connectivity index (χ1v) is 4.55. The van der Waals surface area contributed by atoms with Gasteiger partial charge in [-0.1, -0.05) is 0 Å². The van der Waals surface area contributed by atoms with Crippen molar-refractivity contribution >= 4 is 5.96 Å². The van der Waals surface area contributed by atoms with Gasteiger partial charge in [0, 0.05) is 13.1 Å². The van der Waals surface area contributed by atoms with E-state index in [0.29, 0.717) is 6.61 Å². The Kier molecular flexibility index (Phi) is 3.98. The van der Waals surface area contributed by atoms with Gasteiger partial charge in [0.05, 0.1) is 19.3 Å². The molecular formula is C8H17N3O2. The molecule has 0 aliphatic carbocycles. The molecule has 0 amide bonds.